The second kappa shape index (κ2) is 6.74. The predicted octanol–water partition coefficient (Wildman–Crippen LogP) is 4.52. The van der Waals surface area contributed by atoms with E-state index in [1.54, 1.807) is 34.4 Å². The van der Waals surface area contributed by atoms with E-state index in [1.807, 2.05) is 19.1 Å². The van der Waals surface area contributed by atoms with Crippen LogP contribution in [0.1, 0.15) is 22.2 Å². The van der Waals surface area contributed by atoms with Gasteiger partial charge in [0.1, 0.15) is 0 Å². The molecule has 0 fully saturated rings. The Balaban J connectivity index is 2.22. The molecule has 106 valence electrons. The summed E-state index contributed by atoms with van der Waals surface area (Å²) in [4.78, 5) is 15.5. The molecule has 0 saturated carbocycles. The maximum atomic E-state index is 12.6. The van der Waals surface area contributed by atoms with E-state index in [9.17, 15) is 4.79 Å². The number of carbonyl (C=O) groups excluding carboxylic acids is 1. The zero-order chi connectivity index (χ0) is 14.7. The van der Waals surface area contributed by atoms with E-state index in [2.05, 4.69) is 31.9 Å². The van der Waals surface area contributed by atoms with Crippen LogP contribution in [0.15, 0.2) is 38.6 Å². The van der Waals surface area contributed by atoms with Crippen LogP contribution in [0.5, 0.6) is 0 Å². The molecule has 20 heavy (non-hydrogen) atoms. The van der Waals surface area contributed by atoms with E-state index < -0.39 is 0 Å². The van der Waals surface area contributed by atoms with Gasteiger partial charge >= 0.3 is 0 Å². The molecule has 0 unspecified atom stereocenters. The molecular weight excluding hydrogens is 404 g/mol. The molecule has 1 heterocycles. The standard InChI is InChI=1S/C14H14Br2N2OS/c1-2-18(8-10-4-6-13(16)20-10)14(19)11-7-9(17)3-5-12(11)15/h3-7H,2,8,17H2,1H3. The van der Waals surface area contributed by atoms with Gasteiger partial charge in [-0.1, -0.05) is 0 Å². The third-order valence-corrected chi connectivity index (χ3v) is 5.17. The third kappa shape index (κ3) is 3.62. The lowest BCUT2D eigenvalue weighted by Crippen LogP contribution is -2.30. The topological polar surface area (TPSA) is 46.3 Å². The molecule has 0 saturated heterocycles. The molecule has 0 aliphatic rings. The molecule has 1 aromatic carbocycles. The highest BCUT2D eigenvalue weighted by atomic mass is 79.9. The minimum absolute atomic E-state index is 0.0174. The number of amides is 1. The van der Waals surface area contributed by atoms with Gasteiger partial charge < -0.3 is 10.6 Å². The van der Waals surface area contributed by atoms with Gasteiger partial charge in [0, 0.05) is 21.6 Å². The van der Waals surface area contributed by atoms with Gasteiger partial charge in [-0.25, -0.2) is 0 Å². The average molecular weight is 418 g/mol. The number of hydrogen-bond donors (Lipinski definition) is 1. The Labute approximate surface area is 139 Å². The van der Waals surface area contributed by atoms with Crippen molar-refractivity contribution in [1.29, 1.82) is 0 Å². The molecule has 0 radical (unpaired) electrons. The quantitative estimate of drug-likeness (QED) is 0.743. The largest absolute Gasteiger partial charge is 0.399 e. The smallest absolute Gasteiger partial charge is 0.255 e. The van der Waals surface area contributed by atoms with Gasteiger partial charge in [0.05, 0.1) is 15.9 Å². The van der Waals surface area contributed by atoms with Crippen LogP contribution in [0.3, 0.4) is 0 Å². The van der Waals surface area contributed by atoms with Crippen LogP contribution in [0.2, 0.25) is 0 Å². The zero-order valence-corrected chi connectivity index (χ0v) is 14.9. The summed E-state index contributed by atoms with van der Waals surface area (Å²) in [7, 11) is 0. The highest BCUT2D eigenvalue weighted by molar-refractivity contribution is 9.11. The second-order valence-electron chi connectivity index (χ2n) is 4.26. The molecular formula is C14H14Br2N2OS. The lowest BCUT2D eigenvalue weighted by molar-refractivity contribution is 0.0753. The van der Waals surface area contributed by atoms with Crippen molar-refractivity contribution in [2.24, 2.45) is 0 Å². The molecule has 1 amide bonds. The number of nitrogen functional groups attached to an aromatic ring is 1. The van der Waals surface area contributed by atoms with E-state index in [-0.39, 0.29) is 5.91 Å². The van der Waals surface area contributed by atoms with Crippen molar-refractivity contribution in [3.05, 3.63) is 49.0 Å². The number of carbonyl (C=O) groups is 1. The van der Waals surface area contributed by atoms with Gasteiger partial charge in [0.2, 0.25) is 0 Å². The fourth-order valence-electron chi connectivity index (χ4n) is 1.83. The summed E-state index contributed by atoms with van der Waals surface area (Å²) in [6.07, 6.45) is 0. The van der Waals surface area contributed by atoms with Crippen LogP contribution in [-0.2, 0) is 6.54 Å². The van der Waals surface area contributed by atoms with Crippen molar-refractivity contribution < 1.29 is 4.79 Å². The molecule has 2 N–H and O–H groups in total. The fraction of sp³-hybridized carbons (Fsp3) is 0.214. The maximum absolute atomic E-state index is 12.6. The number of halogens is 2. The Hall–Kier alpha value is -0.850. The number of thiophene rings is 1. The van der Waals surface area contributed by atoms with Crippen LogP contribution in [0, 0.1) is 0 Å². The normalized spacial score (nSPS) is 10.6. The molecule has 1 aromatic heterocycles. The number of hydrogen-bond acceptors (Lipinski definition) is 3. The Morgan fingerprint density at radius 3 is 2.65 bits per heavy atom. The van der Waals surface area contributed by atoms with Crippen molar-refractivity contribution >= 4 is 54.8 Å². The molecule has 2 rings (SSSR count). The molecule has 0 spiro atoms. The molecule has 3 nitrogen and oxygen atoms in total. The minimum atomic E-state index is -0.0174. The van der Waals surface area contributed by atoms with Crippen molar-refractivity contribution in [2.45, 2.75) is 13.5 Å². The Morgan fingerprint density at radius 2 is 2.05 bits per heavy atom. The second-order valence-corrected chi connectivity index (χ2v) is 7.67. The lowest BCUT2D eigenvalue weighted by Gasteiger charge is -2.21. The fourth-order valence-corrected chi connectivity index (χ4v) is 3.74. The minimum Gasteiger partial charge on any atom is -0.399 e. The Bertz CT molecular complexity index is 627. The monoisotopic (exact) mass is 416 g/mol. The molecule has 0 aliphatic carbocycles. The van der Waals surface area contributed by atoms with Crippen LogP contribution >= 0.6 is 43.2 Å². The highest BCUT2D eigenvalue weighted by Crippen LogP contribution is 2.25. The van der Waals surface area contributed by atoms with Gasteiger partial charge in [-0.3, -0.25) is 4.79 Å². The van der Waals surface area contributed by atoms with Gasteiger partial charge in [-0.15, -0.1) is 11.3 Å². The van der Waals surface area contributed by atoms with Crippen LogP contribution < -0.4 is 5.73 Å². The van der Waals surface area contributed by atoms with E-state index in [1.165, 1.54) is 0 Å². The SMILES string of the molecule is CCN(Cc1ccc(Br)s1)C(=O)c1cc(N)ccc1Br. The summed E-state index contributed by atoms with van der Waals surface area (Å²) >= 11 is 8.49. The van der Waals surface area contributed by atoms with E-state index in [4.69, 9.17) is 5.73 Å². The Kier molecular flexibility index (Phi) is 5.23. The first kappa shape index (κ1) is 15.5. The summed E-state index contributed by atoms with van der Waals surface area (Å²) < 4.78 is 1.84. The van der Waals surface area contributed by atoms with Gasteiger partial charge in [0.15, 0.2) is 0 Å². The summed E-state index contributed by atoms with van der Waals surface area (Å²) in [6.45, 7) is 3.23. The van der Waals surface area contributed by atoms with Gasteiger partial charge in [0.25, 0.3) is 5.91 Å². The highest BCUT2D eigenvalue weighted by Gasteiger charge is 2.18. The molecule has 0 atom stereocenters. The predicted molar refractivity (Wildman–Crippen MR) is 91.0 cm³/mol. The summed E-state index contributed by atoms with van der Waals surface area (Å²) in [5.74, 6) is -0.0174. The number of nitrogens with zero attached hydrogens (tertiary/aromatic N) is 1. The molecule has 0 aliphatic heterocycles. The van der Waals surface area contributed by atoms with Crippen molar-refractivity contribution in [3.63, 3.8) is 0 Å². The first-order valence-electron chi connectivity index (χ1n) is 6.09. The summed E-state index contributed by atoms with van der Waals surface area (Å²) in [5.41, 5.74) is 6.96. The zero-order valence-electron chi connectivity index (χ0n) is 10.9. The van der Waals surface area contributed by atoms with E-state index in [0.717, 1.165) is 13.1 Å². The van der Waals surface area contributed by atoms with Gasteiger partial charge in [-0.2, -0.15) is 0 Å². The molecule has 2 aromatic rings. The van der Waals surface area contributed by atoms with Crippen LogP contribution in [-0.4, -0.2) is 17.4 Å². The Morgan fingerprint density at radius 1 is 1.30 bits per heavy atom. The van der Waals surface area contributed by atoms with Crippen LogP contribution in [0.25, 0.3) is 0 Å². The first-order chi connectivity index (χ1) is 9.51. The van der Waals surface area contributed by atoms with E-state index in [0.29, 0.717) is 24.3 Å². The average Bonchev–Trinajstić information content (AvgIpc) is 2.83. The summed E-state index contributed by atoms with van der Waals surface area (Å²) in [5, 5.41) is 0. The van der Waals surface area contributed by atoms with Crippen molar-refractivity contribution in [3.8, 4) is 0 Å². The number of benzene rings is 1. The van der Waals surface area contributed by atoms with Gasteiger partial charge in [-0.05, 0) is 69.1 Å². The number of anilines is 1. The summed E-state index contributed by atoms with van der Waals surface area (Å²) in [6, 6.07) is 9.30. The maximum Gasteiger partial charge on any atom is 0.255 e. The molecule has 6 heteroatoms. The van der Waals surface area contributed by atoms with Crippen LogP contribution in [0.4, 0.5) is 5.69 Å². The number of nitrogens with two attached hydrogens (primary N) is 1. The van der Waals surface area contributed by atoms with E-state index >= 15 is 0 Å². The first-order valence-corrected chi connectivity index (χ1v) is 8.50. The number of rotatable bonds is 4. The lowest BCUT2D eigenvalue weighted by atomic mass is 10.1. The van der Waals surface area contributed by atoms with Crippen molar-refractivity contribution in [1.82, 2.24) is 4.90 Å². The molecule has 0 bridgehead atoms. The van der Waals surface area contributed by atoms with Crippen molar-refractivity contribution in [2.75, 3.05) is 12.3 Å². The third-order valence-electron chi connectivity index (χ3n) is 2.87.